The third-order valence-corrected chi connectivity index (χ3v) is 8.44. The van der Waals surface area contributed by atoms with Crippen LogP contribution in [0.25, 0.3) is 10.9 Å². The SMILES string of the molecule is CC=C(C)CNCCCNc1ccc2c(NC(=O)CC34CC5CC(CC(C5)C3)C4)cccc2n1. The van der Waals surface area contributed by atoms with E-state index in [1.165, 1.54) is 44.1 Å². The Balaban J connectivity index is 1.16. The van der Waals surface area contributed by atoms with Gasteiger partial charge in [0.05, 0.1) is 11.2 Å². The average Bonchev–Trinajstić information content (AvgIpc) is 2.79. The molecule has 1 amide bonds. The van der Waals surface area contributed by atoms with Crippen LogP contribution in [0.5, 0.6) is 0 Å². The largest absolute Gasteiger partial charge is 0.370 e. The smallest absolute Gasteiger partial charge is 0.224 e. The molecule has 0 aliphatic heterocycles. The molecular weight excluding hydrogens is 420 g/mol. The van der Waals surface area contributed by atoms with Crippen LogP contribution in [0.15, 0.2) is 42.0 Å². The van der Waals surface area contributed by atoms with E-state index in [-0.39, 0.29) is 11.3 Å². The van der Waals surface area contributed by atoms with Crippen molar-refractivity contribution < 1.29 is 4.79 Å². The highest BCUT2D eigenvalue weighted by molar-refractivity contribution is 6.01. The Morgan fingerprint density at radius 2 is 1.79 bits per heavy atom. The van der Waals surface area contributed by atoms with Gasteiger partial charge < -0.3 is 16.0 Å². The number of allylic oxidation sites excluding steroid dienone is 1. The van der Waals surface area contributed by atoms with Crippen LogP contribution in [0.1, 0.15) is 65.2 Å². The van der Waals surface area contributed by atoms with Crippen LogP contribution in [0.4, 0.5) is 11.5 Å². The fourth-order valence-electron chi connectivity index (χ4n) is 7.22. The van der Waals surface area contributed by atoms with E-state index >= 15 is 0 Å². The number of amides is 1. The second kappa shape index (κ2) is 10.1. The van der Waals surface area contributed by atoms with E-state index in [1.807, 2.05) is 24.3 Å². The molecule has 0 unspecified atom stereocenters. The Labute approximate surface area is 204 Å². The summed E-state index contributed by atoms with van der Waals surface area (Å²) in [6.45, 7) is 7.02. The predicted molar refractivity (Wildman–Crippen MR) is 141 cm³/mol. The Bertz CT molecular complexity index is 1020. The fourth-order valence-corrected chi connectivity index (χ4v) is 7.22. The Morgan fingerprint density at radius 3 is 2.50 bits per heavy atom. The number of pyridine rings is 1. The summed E-state index contributed by atoms with van der Waals surface area (Å²) in [6, 6.07) is 10.1. The van der Waals surface area contributed by atoms with Gasteiger partial charge in [-0.15, -0.1) is 0 Å². The van der Waals surface area contributed by atoms with Crippen molar-refractivity contribution in [3.63, 3.8) is 0 Å². The zero-order valence-corrected chi connectivity index (χ0v) is 20.8. The molecule has 4 aliphatic carbocycles. The number of hydrogen-bond acceptors (Lipinski definition) is 4. The van der Waals surface area contributed by atoms with Crippen LogP contribution >= 0.6 is 0 Å². The molecule has 5 nitrogen and oxygen atoms in total. The second-order valence-electron chi connectivity index (χ2n) is 11.3. The lowest BCUT2D eigenvalue weighted by Gasteiger charge is -2.56. The van der Waals surface area contributed by atoms with Crippen molar-refractivity contribution in [1.82, 2.24) is 10.3 Å². The van der Waals surface area contributed by atoms with Crippen LogP contribution < -0.4 is 16.0 Å². The first kappa shape index (κ1) is 23.3. The van der Waals surface area contributed by atoms with E-state index in [9.17, 15) is 4.79 Å². The summed E-state index contributed by atoms with van der Waals surface area (Å²) in [5.41, 5.74) is 3.43. The molecule has 4 fully saturated rings. The third kappa shape index (κ3) is 5.30. The highest BCUT2D eigenvalue weighted by Crippen LogP contribution is 2.61. The second-order valence-corrected chi connectivity index (χ2v) is 11.3. The zero-order valence-electron chi connectivity index (χ0n) is 20.8. The van der Waals surface area contributed by atoms with Crippen molar-refractivity contribution in [3.05, 3.63) is 42.0 Å². The Kier molecular flexibility index (Phi) is 6.91. The van der Waals surface area contributed by atoms with Gasteiger partial charge in [-0.1, -0.05) is 17.7 Å². The molecule has 34 heavy (non-hydrogen) atoms. The van der Waals surface area contributed by atoms with Crippen LogP contribution in [-0.4, -0.2) is 30.5 Å². The lowest BCUT2D eigenvalue weighted by Crippen LogP contribution is -2.47. The van der Waals surface area contributed by atoms with Gasteiger partial charge in [0.2, 0.25) is 5.91 Å². The molecule has 1 aromatic heterocycles. The molecule has 6 rings (SSSR count). The maximum absolute atomic E-state index is 13.1. The summed E-state index contributed by atoms with van der Waals surface area (Å²) in [7, 11) is 0. The molecule has 2 aromatic rings. The number of rotatable bonds is 10. The van der Waals surface area contributed by atoms with E-state index in [4.69, 9.17) is 4.98 Å². The van der Waals surface area contributed by atoms with Crippen molar-refractivity contribution >= 4 is 28.3 Å². The van der Waals surface area contributed by atoms with Gasteiger partial charge in [-0.3, -0.25) is 4.79 Å². The summed E-state index contributed by atoms with van der Waals surface area (Å²) in [5.74, 6) is 3.69. The minimum Gasteiger partial charge on any atom is -0.370 e. The van der Waals surface area contributed by atoms with Crippen molar-refractivity contribution in [2.24, 2.45) is 23.2 Å². The molecule has 4 aliphatic rings. The van der Waals surface area contributed by atoms with Crippen molar-refractivity contribution in [1.29, 1.82) is 0 Å². The van der Waals surface area contributed by atoms with Crippen LogP contribution in [0.3, 0.4) is 0 Å². The number of carbonyl (C=O) groups is 1. The van der Waals surface area contributed by atoms with Gasteiger partial charge in [-0.2, -0.15) is 0 Å². The Morgan fingerprint density at radius 1 is 1.06 bits per heavy atom. The third-order valence-electron chi connectivity index (χ3n) is 8.44. The molecule has 1 aromatic carbocycles. The van der Waals surface area contributed by atoms with E-state index < -0.39 is 0 Å². The molecule has 0 atom stereocenters. The highest BCUT2D eigenvalue weighted by Gasteiger charge is 2.51. The monoisotopic (exact) mass is 460 g/mol. The molecule has 0 saturated heterocycles. The summed E-state index contributed by atoms with van der Waals surface area (Å²) >= 11 is 0. The summed E-state index contributed by atoms with van der Waals surface area (Å²) in [5, 5.41) is 11.1. The quantitative estimate of drug-likeness (QED) is 0.294. The van der Waals surface area contributed by atoms with Gasteiger partial charge >= 0.3 is 0 Å². The van der Waals surface area contributed by atoms with Crippen LogP contribution in [0.2, 0.25) is 0 Å². The van der Waals surface area contributed by atoms with Gasteiger partial charge in [0.15, 0.2) is 0 Å². The lowest BCUT2D eigenvalue weighted by molar-refractivity contribution is -0.124. The first-order valence-electron chi connectivity index (χ1n) is 13.3. The molecule has 3 N–H and O–H groups in total. The van der Waals surface area contributed by atoms with E-state index in [2.05, 4.69) is 41.9 Å². The van der Waals surface area contributed by atoms with Crippen LogP contribution in [-0.2, 0) is 4.79 Å². The fraction of sp³-hybridized carbons (Fsp3) is 0.586. The zero-order chi connectivity index (χ0) is 23.5. The van der Waals surface area contributed by atoms with Crippen molar-refractivity contribution in [2.45, 2.75) is 65.2 Å². The minimum absolute atomic E-state index is 0.178. The topological polar surface area (TPSA) is 66.0 Å². The molecule has 0 radical (unpaired) electrons. The van der Waals surface area contributed by atoms with E-state index in [1.54, 1.807) is 0 Å². The molecule has 1 heterocycles. The van der Waals surface area contributed by atoms with Crippen molar-refractivity contribution in [2.75, 3.05) is 30.3 Å². The van der Waals surface area contributed by atoms with Gasteiger partial charge in [-0.25, -0.2) is 4.98 Å². The number of anilines is 2. The maximum atomic E-state index is 13.1. The molecule has 5 heteroatoms. The first-order valence-corrected chi connectivity index (χ1v) is 13.3. The summed E-state index contributed by atoms with van der Waals surface area (Å²) in [4.78, 5) is 17.9. The van der Waals surface area contributed by atoms with Gasteiger partial charge in [0.25, 0.3) is 0 Å². The number of aromatic nitrogens is 1. The summed E-state index contributed by atoms with van der Waals surface area (Å²) < 4.78 is 0. The number of benzene rings is 1. The molecular formula is C29H40N4O. The van der Waals surface area contributed by atoms with Crippen LogP contribution in [0, 0.1) is 23.2 Å². The first-order chi connectivity index (χ1) is 16.5. The highest BCUT2D eigenvalue weighted by atomic mass is 16.1. The standard InChI is InChI=1S/C29H40N4O/c1-3-20(2)19-30-10-5-11-31-27-9-8-24-25(32-27)6-4-7-26(24)33-28(34)18-29-15-21-12-22(16-29)14-23(13-21)17-29/h3-4,6-9,21-23,30H,5,10-19H2,1-2H3,(H,31,32)(H,33,34). The lowest BCUT2D eigenvalue weighted by atomic mass is 9.49. The van der Waals surface area contributed by atoms with E-state index in [0.717, 1.165) is 66.2 Å². The normalized spacial score (nSPS) is 27.8. The molecule has 0 spiro atoms. The number of fused-ring (bicyclic) bond motifs is 1. The average molecular weight is 461 g/mol. The number of nitrogens with zero attached hydrogens (tertiary/aromatic N) is 1. The number of nitrogens with one attached hydrogen (secondary N) is 3. The summed E-state index contributed by atoms with van der Waals surface area (Å²) in [6.07, 6.45) is 11.9. The molecule has 4 saturated carbocycles. The molecule has 4 bridgehead atoms. The van der Waals surface area contributed by atoms with Crippen molar-refractivity contribution in [3.8, 4) is 0 Å². The Hall–Kier alpha value is -2.40. The van der Waals surface area contributed by atoms with Gasteiger partial charge in [0.1, 0.15) is 5.82 Å². The van der Waals surface area contributed by atoms with Gasteiger partial charge in [0, 0.05) is 24.9 Å². The van der Waals surface area contributed by atoms with E-state index in [0.29, 0.717) is 6.42 Å². The minimum atomic E-state index is 0.178. The van der Waals surface area contributed by atoms with Gasteiger partial charge in [-0.05, 0) is 113 Å². The maximum Gasteiger partial charge on any atom is 0.224 e. The number of carbonyl (C=O) groups excluding carboxylic acids is 1. The predicted octanol–water partition coefficient (Wildman–Crippen LogP) is 6.14. The number of hydrogen-bond donors (Lipinski definition) is 3. The molecule has 182 valence electrons.